The lowest BCUT2D eigenvalue weighted by atomic mass is 10.2. The first-order valence-corrected chi connectivity index (χ1v) is 9.93. The number of nitrogens with zero attached hydrogens (tertiary/aromatic N) is 3. The fourth-order valence-electron chi connectivity index (χ4n) is 3.78. The molecular weight excluding hydrogens is 364 g/mol. The Kier molecular flexibility index (Phi) is 5.62. The lowest BCUT2D eigenvalue weighted by Crippen LogP contribution is -2.36. The summed E-state index contributed by atoms with van der Waals surface area (Å²) in [6, 6.07) is 15.8. The molecule has 1 aliphatic rings. The lowest BCUT2D eigenvalue weighted by Gasteiger charge is -2.30. The van der Waals surface area contributed by atoms with Crippen molar-refractivity contribution in [2.45, 2.75) is 20.4 Å². The van der Waals surface area contributed by atoms with Gasteiger partial charge in [-0.2, -0.15) is 0 Å². The third kappa shape index (κ3) is 4.17. The number of benzene rings is 1. The van der Waals surface area contributed by atoms with Crippen molar-refractivity contribution in [3.8, 4) is 0 Å². The number of morpholine rings is 1. The second-order valence-corrected chi connectivity index (χ2v) is 7.26. The maximum absolute atomic E-state index is 13.1. The van der Waals surface area contributed by atoms with E-state index in [9.17, 15) is 4.79 Å². The van der Waals surface area contributed by atoms with Gasteiger partial charge in [0, 0.05) is 30.7 Å². The predicted octanol–water partition coefficient (Wildman–Crippen LogP) is 3.64. The molecule has 0 spiro atoms. The fraction of sp³-hybridized carbons (Fsp3) is 0.304. The maximum atomic E-state index is 13.1. The number of carbonyl (C=O) groups excluding carboxylic acids is 1. The molecule has 3 heterocycles. The monoisotopic (exact) mass is 390 g/mol. The molecule has 6 heteroatoms. The quantitative estimate of drug-likeness (QED) is 0.723. The van der Waals surface area contributed by atoms with Crippen LogP contribution in [-0.4, -0.2) is 41.8 Å². The minimum Gasteiger partial charge on any atom is -0.378 e. The van der Waals surface area contributed by atoms with E-state index in [0.717, 1.165) is 41.5 Å². The summed E-state index contributed by atoms with van der Waals surface area (Å²) in [4.78, 5) is 19.8. The van der Waals surface area contributed by atoms with Crippen LogP contribution in [0.5, 0.6) is 0 Å². The topological polar surface area (TPSA) is 59.4 Å². The van der Waals surface area contributed by atoms with Gasteiger partial charge >= 0.3 is 0 Å². The third-order valence-electron chi connectivity index (χ3n) is 5.37. The second kappa shape index (κ2) is 8.49. The van der Waals surface area contributed by atoms with Crippen molar-refractivity contribution >= 4 is 17.3 Å². The molecule has 2 aromatic heterocycles. The van der Waals surface area contributed by atoms with Gasteiger partial charge in [-0.3, -0.25) is 9.78 Å². The van der Waals surface area contributed by atoms with Gasteiger partial charge in [0.15, 0.2) is 0 Å². The summed E-state index contributed by atoms with van der Waals surface area (Å²) in [5, 5.41) is 3.12. The van der Waals surface area contributed by atoms with Gasteiger partial charge in [-0.15, -0.1) is 0 Å². The minimum atomic E-state index is -0.0916. The number of pyridine rings is 1. The number of aryl methyl sites for hydroxylation is 1. The Morgan fingerprint density at radius 3 is 2.62 bits per heavy atom. The van der Waals surface area contributed by atoms with E-state index in [0.29, 0.717) is 25.3 Å². The van der Waals surface area contributed by atoms with Crippen LogP contribution in [0.1, 0.15) is 27.4 Å². The van der Waals surface area contributed by atoms with Gasteiger partial charge in [-0.25, -0.2) is 0 Å². The third-order valence-corrected chi connectivity index (χ3v) is 5.37. The van der Waals surface area contributed by atoms with Crippen molar-refractivity contribution in [3.05, 3.63) is 77.4 Å². The molecule has 0 aliphatic carbocycles. The van der Waals surface area contributed by atoms with E-state index in [4.69, 9.17) is 4.74 Å². The van der Waals surface area contributed by atoms with Crippen molar-refractivity contribution in [2.24, 2.45) is 0 Å². The predicted molar refractivity (Wildman–Crippen MR) is 115 cm³/mol. The summed E-state index contributed by atoms with van der Waals surface area (Å²) in [6.45, 7) is 7.72. The highest BCUT2D eigenvalue weighted by Crippen LogP contribution is 2.27. The van der Waals surface area contributed by atoms with Crippen molar-refractivity contribution in [3.63, 3.8) is 0 Å². The van der Waals surface area contributed by atoms with E-state index in [2.05, 4.69) is 19.8 Å². The average Bonchev–Trinajstić information content (AvgIpc) is 3.04. The number of anilines is 2. The van der Waals surface area contributed by atoms with Crippen LogP contribution in [0.4, 0.5) is 11.4 Å². The van der Waals surface area contributed by atoms with Gasteiger partial charge in [0.2, 0.25) is 0 Å². The largest absolute Gasteiger partial charge is 0.378 e. The summed E-state index contributed by atoms with van der Waals surface area (Å²) >= 11 is 0. The smallest absolute Gasteiger partial charge is 0.257 e. The van der Waals surface area contributed by atoms with E-state index in [-0.39, 0.29) is 5.91 Å². The first kappa shape index (κ1) is 19.2. The summed E-state index contributed by atoms with van der Waals surface area (Å²) in [6.07, 6.45) is 1.79. The molecule has 0 bridgehead atoms. The molecule has 1 aliphatic heterocycles. The van der Waals surface area contributed by atoms with E-state index in [1.807, 2.05) is 62.4 Å². The maximum Gasteiger partial charge on any atom is 0.257 e. The number of hydrogen-bond donors (Lipinski definition) is 1. The number of hydrogen-bond acceptors (Lipinski definition) is 4. The number of rotatable bonds is 5. The van der Waals surface area contributed by atoms with Crippen molar-refractivity contribution in [1.82, 2.24) is 9.55 Å². The van der Waals surface area contributed by atoms with Gasteiger partial charge in [0.25, 0.3) is 5.91 Å². The number of nitrogens with one attached hydrogen (secondary N) is 1. The number of para-hydroxylation sites is 2. The van der Waals surface area contributed by atoms with Gasteiger partial charge < -0.3 is 19.5 Å². The molecule has 6 nitrogen and oxygen atoms in total. The highest BCUT2D eigenvalue weighted by atomic mass is 16.5. The molecule has 1 amide bonds. The zero-order valence-electron chi connectivity index (χ0n) is 16.9. The molecule has 3 aromatic rings. The standard InChI is InChI=1S/C23H26N4O2/c1-17-15-20(18(2)27(17)16-19-7-5-6-10-24-19)23(28)25-21-8-3-4-9-22(21)26-11-13-29-14-12-26/h3-10,15H,11-14,16H2,1-2H3,(H,25,28). The van der Waals surface area contributed by atoms with E-state index in [1.165, 1.54) is 0 Å². The van der Waals surface area contributed by atoms with Crippen LogP contribution in [0.15, 0.2) is 54.7 Å². The molecular formula is C23H26N4O2. The van der Waals surface area contributed by atoms with Crippen LogP contribution >= 0.6 is 0 Å². The molecule has 0 radical (unpaired) electrons. The Balaban J connectivity index is 1.56. The van der Waals surface area contributed by atoms with E-state index in [1.54, 1.807) is 6.20 Å². The van der Waals surface area contributed by atoms with Crippen LogP contribution in [0.3, 0.4) is 0 Å². The van der Waals surface area contributed by atoms with Gasteiger partial charge in [-0.05, 0) is 44.2 Å². The normalized spacial score (nSPS) is 14.1. The van der Waals surface area contributed by atoms with Crippen LogP contribution < -0.4 is 10.2 Å². The first-order valence-electron chi connectivity index (χ1n) is 9.93. The Morgan fingerprint density at radius 1 is 1.10 bits per heavy atom. The molecule has 0 saturated carbocycles. The van der Waals surface area contributed by atoms with Crippen LogP contribution in [-0.2, 0) is 11.3 Å². The molecule has 1 saturated heterocycles. The minimum absolute atomic E-state index is 0.0916. The van der Waals surface area contributed by atoms with E-state index >= 15 is 0 Å². The van der Waals surface area contributed by atoms with Crippen molar-refractivity contribution < 1.29 is 9.53 Å². The summed E-state index contributed by atoms with van der Waals surface area (Å²) in [7, 11) is 0. The van der Waals surface area contributed by atoms with Crippen LogP contribution in [0.2, 0.25) is 0 Å². The van der Waals surface area contributed by atoms with E-state index < -0.39 is 0 Å². The molecule has 150 valence electrons. The van der Waals surface area contributed by atoms with Crippen LogP contribution in [0, 0.1) is 13.8 Å². The van der Waals surface area contributed by atoms with Gasteiger partial charge in [0.05, 0.1) is 42.4 Å². The number of aromatic nitrogens is 2. The second-order valence-electron chi connectivity index (χ2n) is 7.26. The number of amides is 1. The fourth-order valence-corrected chi connectivity index (χ4v) is 3.78. The van der Waals surface area contributed by atoms with Crippen molar-refractivity contribution in [2.75, 3.05) is 36.5 Å². The van der Waals surface area contributed by atoms with Crippen molar-refractivity contribution in [1.29, 1.82) is 0 Å². The summed E-state index contributed by atoms with van der Waals surface area (Å²) < 4.78 is 7.59. The molecule has 1 fully saturated rings. The SMILES string of the molecule is Cc1cc(C(=O)Nc2ccccc2N2CCOCC2)c(C)n1Cc1ccccn1. The van der Waals surface area contributed by atoms with Gasteiger partial charge in [0.1, 0.15) is 0 Å². The zero-order chi connectivity index (χ0) is 20.2. The highest BCUT2D eigenvalue weighted by Gasteiger charge is 2.19. The Hall–Kier alpha value is -3.12. The van der Waals surface area contributed by atoms with Crippen LogP contribution in [0.25, 0.3) is 0 Å². The Morgan fingerprint density at radius 2 is 1.86 bits per heavy atom. The molecule has 0 unspecified atom stereocenters. The first-order chi connectivity index (χ1) is 14.1. The van der Waals surface area contributed by atoms with Gasteiger partial charge in [-0.1, -0.05) is 18.2 Å². The molecule has 4 rings (SSSR count). The molecule has 1 aromatic carbocycles. The number of ether oxygens (including phenoxy) is 1. The Labute approximate surface area is 171 Å². The highest BCUT2D eigenvalue weighted by molar-refractivity contribution is 6.07. The molecule has 0 atom stereocenters. The lowest BCUT2D eigenvalue weighted by molar-refractivity contribution is 0.102. The molecule has 1 N–H and O–H groups in total. The summed E-state index contributed by atoms with van der Waals surface area (Å²) in [5.74, 6) is -0.0916. The summed E-state index contributed by atoms with van der Waals surface area (Å²) in [5.41, 5.74) is 5.50. The number of carbonyl (C=O) groups is 1. The molecule has 29 heavy (non-hydrogen) atoms. The Bertz CT molecular complexity index is 991. The zero-order valence-corrected chi connectivity index (χ0v) is 16.9. The average molecular weight is 390 g/mol.